The Labute approximate surface area is 155 Å². The first-order valence-electron chi connectivity index (χ1n) is 8.52. The second-order valence-corrected chi connectivity index (χ2v) is 6.36. The van der Waals surface area contributed by atoms with Crippen molar-refractivity contribution < 1.29 is 14.8 Å². The topological polar surface area (TPSA) is 106 Å². The van der Waals surface area contributed by atoms with Crippen LogP contribution < -0.4 is 16.1 Å². The molecule has 1 aliphatic heterocycles. The highest BCUT2D eigenvalue weighted by molar-refractivity contribution is 6.04. The van der Waals surface area contributed by atoms with Gasteiger partial charge in [0.25, 0.3) is 5.91 Å². The van der Waals surface area contributed by atoms with Crippen LogP contribution in [0.1, 0.15) is 11.1 Å². The number of carbonyl (C=O) groups is 2. The molecule has 7 nitrogen and oxygen atoms in total. The fourth-order valence-corrected chi connectivity index (χ4v) is 3.24. The monoisotopic (exact) mass is 362 g/mol. The smallest absolute Gasteiger partial charge is 0.267 e. The van der Waals surface area contributed by atoms with Crippen LogP contribution in [0.15, 0.2) is 54.7 Å². The molecule has 3 aromatic rings. The molecule has 1 aromatic heterocycles. The Morgan fingerprint density at radius 3 is 2.89 bits per heavy atom. The Morgan fingerprint density at radius 2 is 2.04 bits per heavy atom. The highest BCUT2D eigenvalue weighted by Gasteiger charge is 2.26. The number of para-hydroxylation sites is 1. The number of hydroxylamine groups is 1. The van der Waals surface area contributed by atoms with Gasteiger partial charge in [-0.3, -0.25) is 14.8 Å². The third-order valence-corrected chi connectivity index (χ3v) is 4.58. The summed E-state index contributed by atoms with van der Waals surface area (Å²) in [6.07, 6.45) is 5.26. The van der Waals surface area contributed by atoms with Crippen molar-refractivity contribution in [1.29, 1.82) is 0 Å². The van der Waals surface area contributed by atoms with Gasteiger partial charge < -0.3 is 15.6 Å². The molecule has 2 aromatic carbocycles. The first-order chi connectivity index (χ1) is 13.1. The van der Waals surface area contributed by atoms with Crippen LogP contribution >= 0.6 is 0 Å². The fraction of sp³-hybridized carbons (Fsp3) is 0.100. The van der Waals surface area contributed by atoms with Crippen LogP contribution in [0.25, 0.3) is 17.0 Å². The SMILES string of the molecule is O=C(C=Cc1ccc2c(c1)NC(=O)C(Cc1c[nH]c3ccccc13)N2)NO. The Bertz CT molecular complexity index is 1050. The highest BCUT2D eigenvalue weighted by Crippen LogP contribution is 2.30. The van der Waals surface area contributed by atoms with E-state index in [-0.39, 0.29) is 11.9 Å². The number of amides is 2. The molecule has 7 heteroatoms. The van der Waals surface area contributed by atoms with Crippen LogP contribution in [0.3, 0.4) is 0 Å². The largest absolute Gasteiger partial charge is 0.372 e. The number of hydrogen-bond donors (Lipinski definition) is 5. The van der Waals surface area contributed by atoms with Crippen molar-refractivity contribution in [3.63, 3.8) is 0 Å². The van der Waals surface area contributed by atoms with Crippen LogP contribution in [-0.4, -0.2) is 28.0 Å². The number of carbonyl (C=O) groups excluding carboxylic acids is 2. The van der Waals surface area contributed by atoms with E-state index in [1.54, 1.807) is 12.1 Å². The number of benzene rings is 2. The molecule has 0 saturated heterocycles. The van der Waals surface area contributed by atoms with Gasteiger partial charge in [0, 0.05) is 29.6 Å². The number of H-pyrrole nitrogens is 1. The molecule has 4 rings (SSSR count). The van der Waals surface area contributed by atoms with Gasteiger partial charge >= 0.3 is 0 Å². The lowest BCUT2D eigenvalue weighted by Gasteiger charge is -2.27. The molecule has 1 atom stereocenters. The minimum atomic E-state index is -0.617. The fourth-order valence-electron chi connectivity index (χ4n) is 3.24. The first-order valence-corrected chi connectivity index (χ1v) is 8.52. The molecule has 27 heavy (non-hydrogen) atoms. The normalized spacial score (nSPS) is 16.0. The van der Waals surface area contributed by atoms with Crippen LogP contribution in [0.4, 0.5) is 11.4 Å². The summed E-state index contributed by atoms with van der Waals surface area (Å²) in [5, 5.41) is 15.8. The molecule has 2 amide bonds. The van der Waals surface area contributed by atoms with Crippen molar-refractivity contribution in [3.8, 4) is 0 Å². The van der Waals surface area contributed by atoms with E-state index in [1.165, 1.54) is 11.6 Å². The zero-order valence-corrected chi connectivity index (χ0v) is 14.3. The lowest BCUT2D eigenvalue weighted by atomic mass is 10.0. The van der Waals surface area contributed by atoms with Crippen LogP contribution in [-0.2, 0) is 16.0 Å². The Balaban J connectivity index is 1.54. The number of hydrogen-bond acceptors (Lipinski definition) is 4. The van der Waals surface area contributed by atoms with E-state index in [1.807, 2.05) is 42.6 Å². The van der Waals surface area contributed by atoms with Crippen LogP contribution in [0, 0.1) is 0 Å². The summed E-state index contributed by atoms with van der Waals surface area (Å²) in [6, 6.07) is 13.1. The Morgan fingerprint density at radius 1 is 1.19 bits per heavy atom. The van der Waals surface area contributed by atoms with Crippen LogP contribution in [0.5, 0.6) is 0 Å². The van der Waals surface area contributed by atoms with Crippen molar-refractivity contribution >= 4 is 40.2 Å². The second-order valence-electron chi connectivity index (χ2n) is 6.36. The Kier molecular flexibility index (Phi) is 4.35. The maximum atomic E-state index is 12.5. The average molecular weight is 362 g/mol. The van der Waals surface area contributed by atoms with E-state index < -0.39 is 5.91 Å². The van der Waals surface area contributed by atoms with Gasteiger partial charge in [-0.25, -0.2) is 5.48 Å². The van der Waals surface area contributed by atoms with Gasteiger partial charge in [-0.05, 0) is 35.4 Å². The summed E-state index contributed by atoms with van der Waals surface area (Å²) in [5.74, 6) is -0.726. The van der Waals surface area contributed by atoms with Crippen molar-refractivity contribution in [2.45, 2.75) is 12.5 Å². The maximum Gasteiger partial charge on any atom is 0.267 e. The molecule has 136 valence electrons. The number of nitrogens with one attached hydrogen (secondary N) is 4. The Hall–Kier alpha value is -3.58. The number of fused-ring (bicyclic) bond motifs is 2. The number of aromatic nitrogens is 1. The zero-order valence-electron chi connectivity index (χ0n) is 14.3. The van der Waals surface area contributed by atoms with Crippen LogP contribution in [0.2, 0.25) is 0 Å². The average Bonchev–Trinajstić information content (AvgIpc) is 3.09. The van der Waals surface area contributed by atoms with Crippen molar-refractivity contribution in [3.05, 3.63) is 65.9 Å². The predicted octanol–water partition coefficient (Wildman–Crippen LogP) is 2.66. The molecule has 0 spiro atoms. The van der Waals surface area contributed by atoms with Gasteiger partial charge in [-0.15, -0.1) is 0 Å². The van der Waals surface area contributed by atoms with Gasteiger partial charge in [0.05, 0.1) is 11.4 Å². The summed E-state index contributed by atoms with van der Waals surface area (Å²) in [5.41, 5.74) is 5.87. The summed E-state index contributed by atoms with van der Waals surface area (Å²) in [4.78, 5) is 26.9. The van der Waals surface area contributed by atoms with E-state index >= 15 is 0 Å². The molecule has 0 fully saturated rings. The highest BCUT2D eigenvalue weighted by atomic mass is 16.5. The third-order valence-electron chi connectivity index (χ3n) is 4.58. The molecule has 0 bridgehead atoms. The van der Waals surface area contributed by atoms with E-state index in [0.29, 0.717) is 12.1 Å². The van der Waals surface area contributed by atoms with Gasteiger partial charge in [0.1, 0.15) is 6.04 Å². The second kappa shape index (κ2) is 6.97. The summed E-state index contributed by atoms with van der Waals surface area (Å²) >= 11 is 0. The molecule has 5 N–H and O–H groups in total. The van der Waals surface area contributed by atoms with Gasteiger partial charge in [-0.2, -0.15) is 0 Å². The maximum absolute atomic E-state index is 12.5. The molecular formula is C20H18N4O3. The molecule has 1 unspecified atom stereocenters. The first kappa shape index (κ1) is 16.9. The number of anilines is 2. The molecule has 0 radical (unpaired) electrons. The van der Waals surface area contributed by atoms with Crippen molar-refractivity contribution in [2.24, 2.45) is 0 Å². The summed E-state index contributed by atoms with van der Waals surface area (Å²) in [7, 11) is 0. The minimum Gasteiger partial charge on any atom is -0.372 e. The summed E-state index contributed by atoms with van der Waals surface area (Å²) in [6.45, 7) is 0. The lowest BCUT2D eigenvalue weighted by molar-refractivity contribution is -0.124. The van der Waals surface area contributed by atoms with E-state index in [9.17, 15) is 9.59 Å². The van der Waals surface area contributed by atoms with Crippen molar-refractivity contribution in [1.82, 2.24) is 10.5 Å². The quantitative estimate of drug-likeness (QED) is 0.279. The van der Waals surface area contributed by atoms with Crippen molar-refractivity contribution in [2.75, 3.05) is 10.6 Å². The molecule has 1 aliphatic rings. The summed E-state index contributed by atoms with van der Waals surface area (Å²) < 4.78 is 0. The number of aromatic amines is 1. The van der Waals surface area contributed by atoms with Gasteiger partial charge in [0.2, 0.25) is 5.91 Å². The molecule has 2 heterocycles. The van der Waals surface area contributed by atoms with Gasteiger partial charge in [-0.1, -0.05) is 24.3 Å². The third kappa shape index (κ3) is 3.40. The molecule has 0 aliphatic carbocycles. The lowest BCUT2D eigenvalue weighted by Crippen LogP contribution is -2.40. The van der Waals surface area contributed by atoms with Gasteiger partial charge in [0.15, 0.2) is 0 Å². The van der Waals surface area contributed by atoms with E-state index in [4.69, 9.17) is 5.21 Å². The predicted molar refractivity (Wildman–Crippen MR) is 103 cm³/mol. The molecule has 0 saturated carbocycles. The standard InChI is InChI=1S/C20H18N4O3/c25-19(24-27)8-6-12-5-7-16-17(9-12)23-20(26)18(22-16)10-13-11-21-15-4-2-1-3-14(13)15/h1-9,11,18,21-22,27H,10H2,(H,23,26)(H,24,25). The minimum absolute atomic E-state index is 0.109. The number of rotatable bonds is 4. The zero-order chi connectivity index (χ0) is 18.8. The van der Waals surface area contributed by atoms with E-state index in [2.05, 4.69) is 15.6 Å². The van der Waals surface area contributed by atoms with E-state index in [0.717, 1.165) is 27.7 Å². The molecular weight excluding hydrogens is 344 g/mol.